The lowest BCUT2D eigenvalue weighted by Crippen LogP contribution is -2.52. The van der Waals surface area contributed by atoms with Crippen LogP contribution in [-0.2, 0) is 9.53 Å². The van der Waals surface area contributed by atoms with Gasteiger partial charge < -0.3 is 15.2 Å². The number of carboxylic acid groups (broad SMARTS) is 1. The number of carbonyl (C=O) groups is 2. The van der Waals surface area contributed by atoms with Gasteiger partial charge in [-0.1, -0.05) is 73.9 Å². The molecule has 0 unspecified atom stereocenters. The molecule has 1 amide bonds. The Morgan fingerprint density at radius 2 is 1.61 bits per heavy atom. The molecule has 1 aliphatic rings. The van der Waals surface area contributed by atoms with Gasteiger partial charge in [-0.2, -0.15) is 0 Å². The fourth-order valence-corrected chi connectivity index (χ4v) is 4.20. The molecule has 0 fully saturated rings. The highest BCUT2D eigenvalue weighted by Gasteiger charge is 2.35. The second-order valence-corrected chi connectivity index (χ2v) is 8.33. The molecule has 1 atom stereocenters. The average Bonchev–Trinajstić information content (AvgIpc) is 3.08. The lowest BCUT2D eigenvalue weighted by atomic mass is 9.94. The Bertz CT molecular complexity index is 893. The number of ether oxygens (including phenoxy) is 1. The normalized spacial score (nSPS) is 14.2. The summed E-state index contributed by atoms with van der Waals surface area (Å²) < 4.78 is 5.52. The summed E-state index contributed by atoms with van der Waals surface area (Å²) in [4.78, 5) is 24.3. The smallest absolute Gasteiger partial charge is 0.408 e. The molecule has 0 saturated carbocycles. The second-order valence-electron chi connectivity index (χ2n) is 8.33. The first-order valence-corrected chi connectivity index (χ1v) is 10.9. The number of alkyl carbamates (subject to hydrolysis) is 1. The number of fused-ring (bicyclic) bond motifs is 3. The van der Waals surface area contributed by atoms with E-state index in [2.05, 4.69) is 36.2 Å². The van der Waals surface area contributed by atoms with Crippen LogP contribution in [-0.4, -0.2) is 29.3 Å². The summed E-state index contributed by atoms with van der Waals surface area (Å²) in [5, 5.41) is 12.3. The van der Waals surface area contributed by atoms with E-state index in [-0.39, 0.29) is 12.5 Å². The van der Waals surface area contributed by atoms with E-state index in [9.17, 15) is 14.7 Å². The molecule has 2 aromatic rings. The summed E-state index contributed by atoms with van der Waals surface area (Å²) in [6.07, 6.45) is 6.24. The zero-order valence-corrected chi connectivity index (χ0v) is 18.1. The largest absolute Gasteiger partial charge is 0.480 e. The number of rotatable bonds is 11. The van der Waals surface area contributed by atoms with Gasteiger partial charge in [0.25, 0.3) is 0 Å². The maximum atomic E-state index is 12.5. The van der Waals surface area contributed by atoms with Crippen molar-refractivity contribution in [3.8, 4) is 11.1 Å². The molecule has 3 rings (SSSR count). The van der Waals surface area contributed by atoms with Crippen molar-refractivity contribution in [2.24, 2.45) is 0 Å². The maximum Gasteiger partial charge on any atom is 0.408 e. The molecule has 0 radical (unpaired) electrons. The summed E-state index contributed by atoms with van der Waals surface area (Å²) in [5.74, 6) is -1.11. The van der Waals surface area contributed by atoms with Crippen LogP contribution < -0.4 is 5.32 Å². The lowest BCUT2D eigenvalue weighted by molar-refractivity contribution is -0.144. The molecule has 31 heavy (non-hydrogen) atoms. The number of benzene rings is 2. The van der Waals surface area contributed by atoms with Gasteiger partial charge in [0.15, 0.2) is 0 Å². The van der Waals surface area contributed by atoms with Gasteiger partial charge in [-0.25, -0.2) is 9.59 Å². The predicted octanol–water partition coefficient (Wildman–Crippen LogP) is 5.90. The lowest BCUT2D eigenvalue weighted by Gasteiger charge is -2.26. The fourth-order valence-electron chi connectivity index (χ4n) is 4.20. The average molecular weight is 422 g/mol. The van der Waals surface area contributed by atoms with E-state index in [4.69, 9.17) is 4.74 Å². The Balaban J connectivity index is 1.58. The van der Waals surface area contributed by atoms with Gasteiger partial charge in [0.05, 0.1) is 0 Å². The maximum absolute atomic E-state index is 12.5. The van der Waals surface area contributed by atoms with Crippen LogP contribution in [0.5, 0.6) is 0 Å². The number of hydrogen-bond donors (Lipinski definition) is 2. The topological polar surface area (TPSA) is 75.6 Å². The van der Waals surface area contributed by atoms with Gasteiger partial charge in [-0.3, -0.25) is 0 Å². The summed E-state index contributed by atoms with van der Waals surface area (Å²) >= 11 is 0. The Labute approximate surface area is 184 Å². The molecule has 0 bridgehead atoms. The molecule has 0 heterocycles. The van der Waals surface area contributed by atoms with Gasteiger partial charge >= 0.3 is 12.1 Å². The van der Waals surface area contributed by atoms with Crippen LogP contribution in [0.3, 0.4) is 0 Å². The van der Waals surface area contributed by atoms with E-state index in [1.165, 1.54) is 0 Å². The van der Waals surface area contributed by atoms with Gasteiger partial charge in [-0.15, -0.1) is 6.58 Å². The van der Waals surface area contributed by atoms with Crippen molar-refractivity contribution in [1.29, 1.82) is 0 Å². The predicted molar refractivity (Wildman–Crippen MR) is 122 cm³/mol. The van der Waals surface area contributed by atoms with E-state index in [1.54, 1.807) is 6.92 Å². The zero-order valence-electron chi connectivity index (χ0n) is 18.1. The van der Waals surface area contributed by atoms with Crippen LogP contribution in [0.2, 0.25) is 0 Å². The highest BCUT2D eigenvalue weighted by atomic mass is 16.5. The zero-order chi connectivity index (χ0) is 22.3. The number of allylic oxidation sites excluding steroid dienone is 1. The number of amides is 1. The van der Waals surface area contributed by atoms with Crippen molar-refractivity contribution in [2.45, 2.75) is 56.9 Å². The van der Waals surface area contributed by atoms with Crippen molar-refractivity contribution in [3.05, 3.63) is 72.3 Å². The van der Waals surface area contributed by atoms with Gasteiger partial charge in [0.1, 0.15) is 12.1 Å². The van der Waals surface area contributed by atoms with Crippen LogP contribution in [0, 0.1) is 0 Å². The molecule has 0 aliphatic heterocycles. The number of aliphatic carboxylic acids is 1. The van der Waals surface area contributed by atoms with E-state index >= 15 is 0 Å². The molecule has 5 nitrogen and oxygen atoms in total. The van der Waals surface area contributed by atoms with Crippen molar-refractivity contribution in [2.75, 3.05) is 6.61 Å². The second kappa shape index (κ2) is 10.3. The molecular weight excluding hydrogens is 390 g/mol. The Morgan fingerprint density at radius 1 is 1.03 bits per heavy atom. The van der Waals surface area contributed by atoms with E-state index in [0.717, 1.165) is 54.4 Å². The van der Waals surface area contributed by atoms with Gasteiger partial charge in [-0.05, 0) is 48.4 Å². The third-order valence-corrected chi connectivity index (χ3v) is 6.03. The standard InChI is InChI=1S/C26H31NO4/c1-3-4-5-6-7-12-17-26(2,24(28)29)27-25(30)31-18-23-21-15-10-8-13-19(21)20-14-9-11-16-22(20)23/h3,8-11,13-16,23H,1,4-7,12,17-18H2,2H3,(H,27,30)(H,28,29)/t26-/m1/s1. The highest BCUT2D eigenvalue weighted by molar-refractivity contribution is 5.84. The minimum Gasteiger partial charge on any atom is -0.480 e. The summed E-state index contributed by atoms with van der Waals surface area (Å²) in [7, 11) is 0. The number of hydrogen-bond acceptors (Lipinski definition) is 3. The fraction of sp³-hybridized carbons (Fsp3) is 0.385. The SMILES string of the molecule is C=CCCCCCC[C@@](C)(NC(=O)OCC1c2ccccc2-c2ccccc21)C(=O)O. The third-order valence-electron chi connectivity index (χ3n) is 6.03. The van der Waals surface area contributed by atoms with Crippen LogP contribution in [0.4, 0.5) is 4.79 Å². The molecule has 2 aromatic carbocycles. The number of unbranched alkanes of at least 4 members (excludes halogenated alkanes) is 4. The van der Waals surface area contributed by atoms with Crippen molar-refractivity contribution in [3.63, 3.8) is 0 Å². The summed E-state index contributed by atoms with van der Waals surface area (Å²) in [5.41, 5.74) is 3.20. The monoisotopic (exact) mass is 421 g/mol. The molecule has 2 N–H and O–H groups in total. The summed E-state index contributed by atoms with van der Waals surface area (Å²) in [6.45, 7) is 5.41. The van der Waals surface area contributed by atoms with Crippen LogP contribution in [0.1, 0.15) is 62.5 Å². The van der Waals surface area contributed by atoms with Crippen LogP contribution >= 0.6 is 0 Å². The molecule has 0 spiro atoms. The molecule has 0 saturated heterocycles. The Morgan fingerprint density at radius 3 is 2.19 bits per heavy atom. The molecule has 5 heteroatoms. The van der Waals surface area contributed by atoms with Crippen molar-refractivity contribution >= 4 is 12.1 Å². The third kappa shape index (κ3) is 5.35. The van der Waals surface area contributed by atoms with Crippen LogP contribution in [0.25, 0.3) is 11.1 Å². The minimum absolute atomic E-state index is 0.0564. The summed E-state index contributed by atoms with van der Waals surface area (Å²) in [6, 6.07) is 16.2. The molecular formula is C26H31NO4. The van der Waals surface area contributed by atoms with Gasteiger partial charge in [0.2, 0.25) is 0 Å². The van der Waals surface area contributed by atoms with E-state index < -0.39 is 17.6 Å². The number of carboxylic acids is 1. The molecule has 164 valence electrons. The highest BCUT2D eigenvalue weighted by Crippen LogP contribution is 2.44. The molecule has 0 aromatic heterocycles. The van der Waals surface area contributed by atoms with Gasteiger partial charge in [0, 0.05) is 5.92 Å². The Hall–Kier alpha value is -3.08. The van der Waals surface area contributed by atoms with E-state index in [0.29, 0.717) is 6.42 Å². The number of nitrogens with one attached hydrogen (secondary N) is 1. The first-order valence-electron chi connectivity index (χ1n) is 10.9. The molecule has 1 aliphatic carbocycles. The van der Waals surface area contributed by atoms with Crippen molar-refractivity contribution < 1.29 is 19.4 Å². The first-order chi connectivity index (χ1) is 15.0. The first kappa shape index (κ1) is 22.6. The Kier molecular flexibility index (Phi) is 7.50. The van der Waals surface area contributed by atoms with Crippen molar-refractivity contribution in [1.82, 2.24) is 5.32 Å². The quantitative estimate of drug-likeness (QED) is 0.350. The minimum atomic E-state index is -1.35. The van der Waals surface area contributed by atoms with E-state index in [1.807, 2.05) is 30.3 Å². The van der Waals surface area contributed by atoms with Crippen LogP contribution in [0.15, 0.2) is 61.2 Å². The number of carbonyl (C=O) groups excluding carboxylic acids is 1.